The number of para-hydroxylation sites is 1. The molecule has 90 valence electrons. The maximum Gasteiger partial charge on any atom is 0.155 e. The predicted molar refractivity (Wildman–Crippen MR) is 76.1 cm³/mol. The number of benzene rings is 2. The van der Waals surface area contributed by atoms with E-state index in [1.54, 1.807) is 23.1 Å². The van der Waals surface area contributed by atoms with E-state index in [1.165, 1.54) is 4.70 Å². The average Bonchev–Trinajstić information content (AvgIpc) is 2.82. The lowest BCUT2D eigenvalue weighted by Gasteiger charge is -1.99. The van der Waals surface area contributed by atoms with E-state index in [4.69, 9.17) is 5.11 Å². The van der Waals surface area contributed by atoms with Crippen LogP contribution in [0, 0.1) is 0 Å². The molecular formula is C14H11NOS2. The summed E-state index contributed by atoms with van der Waals surface area (Å²) in [6.45, 7) is 0.0894. The molecule has 0 aliphatic heterocycles. The molecule has 3 rings (SSSR count). The van der Waals surface area contributed by atoms with Crippen LogP contribution in [0.5, 0.6) is 0 Å². The lowest BCUT2D eigenvalue weighted by atomic mass is 10.2. The second kappa shape index (κ2) is 5.10. The van der Waals surface area contributed by atoms with Crippen molar-refractivity contribution < 1.29 is 5.11 Å². The Hall–Kier alpha value is -1.36. The molecule has 0 aliphatic rings. The molecule has 0 radical (unpaired) electrons. The van der Waals surface area contributed by atoms with Gasteiger partial charge in [0.15, 0.2) is 4.34 Å². The van der Waals surface area contributed by atoms with Crippen LogP contribution >= 0.6 is 23.1 Å². The third-order valence-corrected chi connectivity index (χ3v) is 4.69. The molecule has 0 fully saturated rings. The summed E-state index contributed by atoms with van der Waals surface area (Å²) in [6.07, 6.45) is 0. The van der Waals surface area contributed by atoms with Crippen LogP contribution in [0.2, 0.25) is 0 Å². The summed E-state index contributed by atoms with van der Waals surface area (Å²) in [5.41, 5.74) is 1.99. The number of rotatable bonds is 3. The highest BCUT2D eigenvalue weighted by molar-refractivity contribution is 8.01. The number of aliphatic hydroxyl groups is 1. The Morgan fingerprint density at radius 2 is 1.83 bits per heavy atom. The van der Waals surface area contributed by atoms with E-state index in [0.717, 1.165) is 20.3 Å². The predicted octanol–water partition coefficient (Wildman–Crippen LogP) is 3.94. The van der Waals surface area contributed by atoms with Crippen LogP contribution in [0.25, 0.3) is 10.2 Å². The minimum atomic E-state index is 0.0894. The fraction of sp³-hybridized carbons (Fsp3) is 0.0714. The van der Waals surface area contributed by atoms with Crippen molar-refractivity contribution >= 4 is 33.3 Å². The molecule has 4 heteroatoms. The Bertz CT molecular complexity index is 628. The highest BCUT2D eigenvalue weighted by Gasteiger charge is 2.04. The zero-order valence-corrected chi connectivity index (χ0v) is 11.2. The third kappa shape index (κ3) is 2.41. The lowest BCUT2D eigenvalue weighted by Crippen LogP contribution is -1.81. The van der Waals surface area contributed by atoms with E-state index in [0.29, 0.717) is 0 Å². The van der Waals surface area contributed by atoms with Crippen molar-refractivity contribution in [1.29, 1.82) is 0 Å². The quantitative estimate of drug-likeness (QED) is 0.784. The summed E-state index contributed by atoms with van der Waals surface area (Å²) in [5.74, 6) is 0. The van der Waals surface area contributed by atoms with Crippen LogP contribution in [0.1, 0.15) is 5.56 Å². The van der Waals surface area contributed by atoms with Gasteiger partial charge in [-0.05, 0) is 29.8 Å². The molecule has 2 aromatic carbocycles. The molecule has 0 bridgehead atoms. The Morgan fingerprint density at radius 3 is 2.56 bits per heavy atom. The standard InChI is InChI=1S/C14H11NOS2/c16-9-10-5-7-11(8-6-10)17-14-15-12-3-1-2-4-13(12)18-14/h1-8,16H,9H2. The Morgan fingerprint density at radius 1 is 1.06 bits per heavy atom. The van der Waals surface area contributed by atoms with Crippen molar-refractivity contribution in [3.63, 3.8) is 0 Å². The second-order valence-electron chi connectivity index (χ2n) is 3.85. The molecule has 0 unspecified atom stereocenters. The molecule has 0 aliphatic carbocycles. The van der Waals surface area contributed by atoms with Gasteiger partial charge >= 0.3 is 0 Å². The third-order valence-electron chi connectivity index (χ3n) is 2.59. The van der Waals surface area contributed by atoms with E-state index in [1.807, 2.05) is 42.5 Å². The SMILES string of the molecule is OCc1ccc(Sc2nc3ccccc3s2)cc1. The van der Waals surface area contributed by atoms with E-state index >= 15 is 0 Å². The molecule has 0 saturated carbocycles. The molecule has 18 heavy (non-hydrogen) atoms. The normalized spacial score (nSPS) is 10.9. The maximum absolute atomic E-state index is 9.00. The first-order chi connectivity index (χ1) is 8.85. The summed E-state index contributed by atoms with van der Waals surface area (Å²) in [6, 6.07) is 16.1. The van der Waals surface area contributed by atoms with Gasteiger partial charge in [0, 0.05) is 4.90 Å². The van der Waals surface area contributed by atoms with Crippen LogP contribution in [0.3, 0.4) is 0 Å². The molecule has 0 spiro atoms. The Kier molecular flexibility index (Phi) is 3.32. The van der Waals surface area contributed by atoms with Gasteiger partial charge in [0.1, 0.15) is 0 Å². The molecule has 1 heterocycles. The van der Waals surface area contributed by atoms with E-state index in [-0.39, 0.29) is 6.61 Å². The summed E-state index contributed by atoms with van der Waals surface area (Å²) < 4.78 is 2.26. The molecule has 0 amide bonds. The van der Waals surface area contributed by atoms with E-state index in [2.05, 4.69) is 11.1 Å². The molecule has 3 aromatic rings. The van der Waals surface area contributed by atoms with Crippen molar-refractivity contribution in [2.75, 3.05) is 0 Å². The lowest BCUT2D eigenvalue weighted by molar-refractivity contribution is 0.282. The van der Waals surface area contributed by atoms with Gasteiger partial charge in [-0.25, -0.2) is 4.98 Å². The Labute approximate surface area is 113 Å². The fourth-order valence-corrected chi connectivity index (χ4v) is 3.70. The van der Waals surface area contributed by atoms with Gasteiger partial charge < -0.3 is 5.11 Å². The second-order valence-corrected chi connectivity index (χ2v) is 6.20. The first-order valence-corrected chi connectivity index (χ1v) is 7.22. The molecule has 1 N–H and O–H groups in total. The van der Waals surface area contributed by atoms with Gasteiger partial charge in [-0.1, -0.05) is 36.0 Å². The number of hydrogen-bond donors (Lipinski definition) is 1. The topological polar surface area (TPSA) is 33.1 Å². The largest absolute Gasteiger partial charge is 0.392 e. The van der Waals surface area contributed by atoms with Crippen LogP contribution in [-0.4, -0.2) is 10.1 Å². The number of thiazole rings is 1. The smallest absolute Gasteiger partial charge is 0.155 e. The summed E-state index contributed by atoms with van der Waals surface area (Å²) >= 11 is 3.36. The van der Waals surface area contributed by atoms with Crippen LogP contribution in [0.4, 0.5) is 0 Å². The Balaban J connectivity index is 1.86. The number of aromatic nitrogens is 1. The van der Waals surface area contributed by atoms with Crippen molar-refractivity contribution in [1.82, 2.24) is 4.98 Å². The van der Waals surface area contributed by atoms with Crippen molar-refractivity contribution in [3.05, 3.63) is 54.1 Å². The molecule has 2 nitrogen and oxygen atoms in total. The van der Waals surface area contributed by atoms with Gasteiger partial charge in [-0.2, -0.15) is 0 Å². The van der Waals surface area contributed by atoms with Crippen molar-refractivity contribution in [3.8, 4) is 0 Å². The van der Waals surface area contributed by atoms with Crippen molar-refractivity contribution in [2.45, 2.75) is 15.8 Å². The average molecular weight is 273 g/mol. The van der Waals surface area contributed by atoms with Crippen molar-refractivity contribution in [2.24, 2.45) is 0 Å². The van der Waals surface area contributed by atoms with Gasteiger partial charge in [-0.3, -0.25) is 0 Å². The van der Waals surface area contributed by atoms with E-state index in [9.17, 15) is 0 Å². The fourth-order valence-electron chi connectivity index (χ4n) is 1.66. The summed E-state index contributed by atoms with van der Waals surface area (Å²) in [7, 11) is 0. The van der Waals surface area contributed by atoms with Crippen LogP contribution in [-0.2, 0) is 6.61 Å². The van der Waals surface area contributed by atoms with E-state index < -0.39 is 0 Å². The number of fused-ring (bicyclic) bond motifs is 1. The number of nitrogens with zero attached hydrogens (tertiary/aromatic N) is 1. The van der Waals surface area contributed by atoms with Gasteiger partial charge in [0.25, 0.3) is 0 Å². The first kappa shape index (κ1) is 11.7. The highest BCUT2D eigenvalue weighted by atomic mass is 32.2. The molecule has 0 saturated heterocycles. The highest BCUT2D eigenvalue weighted by Crippen LogP contribution is 2.34. The summed E-state index contributed by atoms with van der Waals surface area (Å²) in [5, 5.41) is 9.00. The van der Waals surface area contributed by atoms with Gasteiger partial charge in [0.2, 0.25) is 0 Å². The number of aliphatic hydroxyl groups excluding tert-OH is 1. The zero-order chi connectivity index (χ0) is 12.4. The molecular weight excluding hydrogens is 262 g/mol. The molecule has 0 atom stereocenters. The van der Waals surface area contributed by atoms with Crippen LogP contribution in [0.15, 0.2) is 57.8 Å². The van der Waals surface area contributed by atoms with Crippen LogP contribution < -0.4 is 0 Å². The van der Waals surface area contributed by atoms with Gasteiger partial charge in [-0.15, -0.1) is 11.3 Å². The monoisotopic (exact) mass is 273 g/mol. The summed E-state index contributed by atoms with van der Waals surface area (Å²) in [4.78, 5) is 5.73. The van der Waals surface area contributed by atoms with Gasteiger partial charge in [0.05, 0.1) is 16.8 Å². The minimum absolute atomic E-state index is 0.0894. The number of hydrogen-bond acceptors (Lipinski definition) is 4. The first-order valence-electron chi connectivity index (χ1n) is 5.58. The minimum Gasteiger partial charge on any atom is -0.392 e. The maximum atomic E-state index is 9.00. The zero-order valence-electron chi connectivity index (χ0n) is 9.54. The molecule has 1 aromatic heterocycles.